The molecule has 29 heavy (non-hydrogen) atoms. The fraction of sp³-hybridized carbons (Fsp3) is 0.333. The van der Waals surface area contributed by atoms with Gasteiger partial charge in [0.2, 0.25) is 5.91 Å². The van der Waals surface area contributed by atoms with Crippen LogP contribution in [0.15, 0.2) is 53.5 Å². The predicted octanol–water partition coefficient (Wildman–Crippen LogP) is 3.54. The quantitative estimate of drug-likeness (QED) is 0.263. The second-order valence-electron chi connectivity index (χ2n) is 6.45. The number of primary amides is 1. The molecule has 1 unspecified atom stereocenters. The van der Waals surface area contributed by atoms with Crippen molar-refractivity contribution >= 4 is 47.4 Å². The number of hydrogen-bond acceptors (Lipinski definition) is 2. The number of amides is 1. The van der Waals surface area contributed by atoms with Crippen LogP contribution in [0.4, 0.5) is 4.39 Å². The van der Waals surface area contributed by atoms with Crippen LogP contribution < -0.4 is 16.4 Å². The van der Waals surface area contributed by atoms with Gasteiger partial charge in [0.05, 0.1) is 12.5 Å². The van der Waals surface area contributed by atoms with E-state index in [1.54, 1.807) is 12.1 Å². The zero-order chi connectivity index (χ0) is 20.4. The molecule has 0 heterocycles. The summed E-state index contributed by atoms with van der Waals surface area (Å²) in [5.74, 6) is -0.569. The highest BCUT2D eigenvalue weighted by Crippen LogP contribution is 2.11. The lowest BCUT2D eigenvalue weighted by Crippen LogP contribution is -2.39. The second-order valence-corrected chi connectivity index (χ2v) is 6.89. The first-order valence-corrected chi connectivity index (χ1v) is 9.66. The van der Waals surface area contributed by atoms with Gasteiger partial charge in [-0.15, -0.1) is 24.0 Å². The molecule has 2 aromatic rings. The Morgan fingerprint density at radius 3 is 2.31 bits per heavy atom. The maximum Gasteiger partial charge on any atom is 0.222 e. The third-order valence-corrected chi connectivity index (χ3v) is 4.48. The van der Waals surface area contributed by atoms with Gasteiger partial charge in [-0.3, -0.25) is 9.79 Å². The highest BCUT2D eigenvalue weighted by atomic mass is 127. The number of benzene rings is 2. The second kappa shape index (κ2) is 13.4. The molecule has 1 amide bonds. The van der Waals surface area contributed by atoms with E-state index in [4.69, 9.17) is 17.3 Å². The van der Waals surface area contributed by atoms with Crippen LogP contribution in [-0.4, -0.2) is 31.5 Å². The van der Waals surface area contributed by atoms with E-state index in [9.17, 15) is 9.18 Å². The van der Waals surface area contributed by atoms with E-state index in [0.29, 0.717) is 30.5 Å². The number of nitrogens with one attached hydrogen (secondary N) is 2. The molecule has 0 spiro atoms. The molecule has 0 aliphatic carbocycles. The number of guanidine groups is 1. The minimum absolute atomic E-state index is 0. The van der Waals surface area contributed by atoms with Crippen LogP contribution in [0.2, 0.25) is 5.02 Å². The zero-order valence-electron chi connectivity index (χ0n) is 16.3. The largest absolute Gasteiger partial charge is 0.369 e. The van der Waals surface area contributed by atoms with Crippen LogP contribution >= 0.6 is 35.6 Å². The van der Waals surface area contributed by atoms with Crippen molar-refractivity contribution in [3.05, 3.63) is 70.5 Å². The smallest absolute Gasteiger partial charge is 0.222 e. The van der Waals surface area contributed by atoms with Crippen LogP contribution in [0.5, 0.6) is 0 Å². The molecule has 8 heteroatoms. The molecule has 0 radical (unpaired) electrons. The zero-order valence-corrected chi connectivity index (χ0v) is 19.4. The van der Waals surface area contributed by atoms with Crippen molar-refractivity contribution in [2.24, 2.45) is 16.6 Å². The predicted molar refractivity (Wildman–Crippen MR) is 127 cm³/mol. The highest BCUT2D eigenvalue weighted by molar-refractivity contribution is 14.0. The van der Waals surface area contributed by atoms with Gasteiger partial charge >= 0.3 is 0 Å². The summed E-state index contributed by atoms with van der Waals surface area (Å²) in [6.45, 7) is 3.61. The average Bonchev–Trinajstić information content (AvgIpc) is 2.67. The van der Waals surface area contributed by atoms with E-state index in [1.165, 1.54) is 17.7 Å². The molecule has 0 saturated carbocycles. The van der Waals surface area contributed by atoms with Gasteiger partial charge in [-0.2, -0.15) is 0 Å². The van der Waals surface area contributed by atoms with E-state index >= 15 is 0 Å². The SMILES string of the molecule is CCNC(=NCC(Cc1ccc(F)cc1)C(N)=O)NCCc1ccc(Cl)cc1.I. The van der Waals surface area contributed by atoms with E-state index in [2.05, 4.69) is 15.6 Å². The van der Waals surface area contributed by atoms with Crippen LogP contribution in [0.25, 0.3) is 0 Å². The first-order chi connectivity index (χ1) is 13.5. The van der Waals surface area contributed by atoms with E-state index in [1.807, 2.05) is 31.2 Å². The molecule has 2 rings (SSSR count). The molecule has 0 aromatic heterocycles. The minimum Gasteiger partial charge on any atom is -0.369 e. The van der Waals surface area contributed by atoms with Gasteiger partial charge in [-0.25, -0.2) is 4.39 Å². The fourth-order valence-corrected chi connectivity index (χ4v) is 2.81. The van der Waals surface area contributed by atoms with Crippen molar-refractivity contribution in [3.63, 3.8) is 0 Å². The first-order valence-electron chi connectivity index (χ1n) is 9.28. The maximum absolute atomic E-state index is 13.0. The summed E-state index contributed by atoms with van der Waals surface area (Å²) in [6.07, 6.45) is 1.24. The molecule has 0 aliphatic rings. The lowest BCUT2D eigenvalue weighted by atomic mass is 9.99. The Morgan fingerprint density at radius 2 is 1.72 bits per heavy atom. The standard InChI is InChI=1S/C21H26ClFN4O.HI/c1-2-25-21(26-12-11-15-3-7-18(22)8-4-15)27-14-17(20(24)28)13-16-5-9-19(23)10-6-16;/h3-10,17H,2,11-14H2,1H3,(H2,24,28)(H2,25,26,27);1H. The number of carbonyl (C=O) groups is 1. The third kappa shape index (κ3) is 9.45. The average molecular weight is 533 g/mol. The number of nitrogens with two attached hydrogens (primary N) is 1. The number of rotatable bonds is 9. The van der Waals surface area contributed by atoms with Crippen molar-refractivity contribution in [2.75, 3.05) is 19.6 Å². The summed E-state index contributed by atoms with van der Waals surface area (Å²) in [5.41, 5.74) is 7.54. The monoisotopic (exact) mass is 532 g/mol. The molecular formula is C21H27ClFIN4O. The molecule has 5 nitrogen and oxygen atoms in total. The molecule has 4 N–H and O–H groups in total. The Bertz CT molecular complexity index is 784. The lowest BCUT2D eigenvalue weighted by Gasteiger charge is -2.14. The Kier molecular flexibility index (Phi) is 11.6. The van der Waals surface area contributed by atoms with Gasteiger partial charge in [0.25, 0.3) is 0 Å². The summed E-state index contributed by atoms with van der Waals surface area (Å²) >= 11 is 5.90. The Hall–Kier alpha value is -1.87. The topological polar surface area (TPSA) is 79.5 Å². The molecule has 0 bridgehead atoms. The van der Waals surface area contributed by atoms with Gasteiger partial charge in [0, 0.05) is 18.1 Å². The minimum atomic E-state index is -0.461. The summed E-state index contributed by atoms with van der Waals surface area (Å²) < 4.78 is 13.0. The molecule has 158 valence electrons. The summed E-state index contributed by atoms with van der Waals surface area (Å²) in [4.78, 5) is 16.3. The number of aliphatic imine (C=N–C) groups is 1. The van der Waals surface area contributed by atoms with E-state index in [0.717, 1.165) is 12.0 Å². The van der Waals surface area contributed by atoms with Gasteiger partial charge in [0.15, 0.2) is 5.96 Å². The van der Waals surface area contributed by atoms with Crippen molar-refractivity contribution in [1.29, 1.82) is 0 Å². The van der Waals surface area contributed by atoms with E-state index in [-0.39, 0.29) is 36.3 Å². The molecule has 0 aliphatic heterocycles. The van der Waals surface area contributed by atoms with Crippen molar-refractivity contribution in [2.45, 2.75) is 19.8 Å². The molecule has 0 fully saturated rings. The van der Waals surface area contributed by atoms with Crippen molar-refractivity contribution in [3.8, 4) is 0 Å². The summed E-state index contributed by atoms with van der Waals surface area (Å²) in [6, 6.07) is 13.8. The molecule has 1 atom stereocenters. The number of halogens is 3. The number of carbonyl (C=O) groups excluding carboxylic acids is 1. The van der Waals surface area contributed by atoms with Crippen molar-refractivity contribution < 1.29 is 9.18 Å². The molecular weight excluding hydrogens is 506 g/mol. The van der Waals surface area contributed by atoms with Crippen LogP contribution in [0.3, 0.4) is 0 Å². The molecule has 2 aromatic carbocycles. The third-order valence-electron chi connectivity index (χ3n) is 4.23. The Morgan fingerprint density at radius 1 is 1.10 bits per heavy atom. The first kappa shape index (κ1) is 25.2. The Labute approximate surface area is 193 Å². The summed E-state index contributed by atoms with van der Waals surface area (Å²) in [5, 5.41) is 7.13. The number of nitrogens with zero attached hydrogens (tertiary/aromatic N) is 1. The highest BCUT2D eigenvalue weighted by Gasteiger charge is 2.16. The van der Waals surface area contributed by atoms with Crippen LogP contribution in [-0.2, 0) is 17.6 Å². The lowest BCUT2D eigenvalue weighted by molar-refractivity contribution is -0.121. The van der Waals surface area contributed by atoms with Gasteiger partial charge < -0.3 is 16.4 Å². The van der Waals surface area contributed by atoms with Crippen LogP contribution in [0, 0.1) is 11.7 Å². The number of hydrogen-bond donors (Lipinski definition) is 3. The van der Waals surface area contributed by atoms with E-state index < -0.39 is 11.8 Å². The van der Waals surface area contributed by atoms with Gasteiger partial charge in [-0.1, -0.05) is 35.9 Å². The Balaban J connectivity index is 0.00000420. The molecule has 0 saturated heterocycles. The maximum atomic E-state index is 13.0. The normalized spacial score (nSPS) is 12.0. The summed E-state index contributed by atoms with van der Waals surface area (Å²) in [7, 11) is 0. The van der Waals surface area contributed by atoms with Gasteiger partial charge in [-0.05, 0) is 55.2 Å². The van der Waals surface area contributed by atoms with Gasteiger partial charge in [0.1, 0.15) is 5.82 Å². The van der Waals surface area contributed by atoms with Crippen LogP contribution in [0.1, 0.15) is 18.1 Å². The van der Waals surface area contributed by atoms with Crippen molar-refractivity contribution in [1.82, 2.24) is 10.6 Å². The fourth-order valence-electron chi connectivity index (χ4n) is 2.68.